The van der Waals surface area contributed by atoms with Crippen molar-refractivity contribution in [2.24, 2.45) is 0 Å². The highest BCUT2D eigenvalue weighted by molar-refractivity contribution is 5.08. The van der Waals surface area contributed by atoms with Gasteiger partial charge < -0.3 is 0 Å². The smallest absolute Gasteiger partial charge is 0.00916 e. The zero-order valence-corrected chi connectivity index (χ0v) is 17.5. The molecule has 146 valence electrons. The Morgan fingerprint density at radius 1 is 0.556 bits per heavy atom. The fourth-order valence-electron chi connectivity index (χ4n) is 2.48. The van der Waals surface area contributed by atoms with Crippen molar-refractivity contribution < 1.29 is 0 Å². The first-order valence-electron chi connectivity index (χ1n) is 10.9. The van der Waals surface area contributed by atoms with Crippen molar-refractivity contribution >= 4 is 0 Å². The summed E-state index contributed by atoms with van der Waals surface area (Å²) in [4.78, 5) is 0. The van der Waals surface area contributed by atoms with Gasteiger partial charge >= 0.3 is 0 Å². The van der Waals surface area contributed by atoms with Gasteiger partial charge in [0.2, 0.25) is 0 Å². The Bertz CT molecular complexity index is 565. The Hall–Kier alpha value is -2.02. The van der Waals surface area contributed by atoms with Crippen LogP contribution in [-0.2, 0) is 0 Å². The van der Waals surface area contributed by atoms with E-state index >= 15 is 0 Å². The van der Waals surface area contributed by atoms with Crippen LogP contribution in [0.4, 0.5) is 0 Å². The molecule has 0 aliphatic heterocycles. The highest BCUT2D eigenvalue weighted by Crippen LogP contribution is 2.03. The molecule has 27 heavy (non-hydrogen) atoms. The van der Waals surface area contributed by atoms with Gasteiger partial charge in [0, 0.05) is 38.5 Å². The van der Waals surface area contributed by atoms with E-state index in [1.807, 2.05) is 6.08 Å². The van der Waals surface area contributed by atoms with E-state index in [1.165, 1.54) is 38.5 Å². The standard InChI is InChI=1S/C27H38/c1-3-5-7-9-11-13-15-17-19-21-23-25-27-26-24-22-20-18-16-14-12-10-8-6-4-2/h1,5,7H,4,6,8-13,18-25H2,2H3/b7-5-. The highest BCUT2D eigenvalue weighted by atomic mass is 13.9. The summed E-state index contributed by atoms with van der Waals surface area (Å²) in [6, 6.07) is 0. The topological polar surface area (TPSA) is 0 Å². The summed E-state index contributed by atoms with van der Waals surface area (Å²) in [6.45, 7) is 2.25. The van der Waals surface area contributed by atoms with Crippen molar-refractivity contribution in [2.75, 3.05) is 0 Å². The first-order chi connectivity index (χ1) is 13.4. The van der Waals surface area contributed by atoms with Gasteiger partial charge in [-0.3, -0.25) is 0 Å². The van der Waals surface area contributed by atoms with Crippen LogP contribution in [0.15, 0.2) is 12.2 Å². The minimum atomic E-state index is 0.970. The molecule has 0 saturated heterocycles. The summed E-state index contributed by atoms with van der Waals surface area (Å²) in [6.07, 6.45) is 27.1. The molecule has 0 nitrogen and oxygen atoms in total. The molecule has 0 aromatic heterocycles. The molecule has 0 rings (SSSR count). The van der Waals surface area contributed by atoms with Crippen molar-refractivity contribution in [3.63, 3.8) is 0 Å². The number of allylic oxidation sites excluding steroid dienone is 2. The molecule has 0 unspecified atom stereocenters. The van der Waals surface area contributed by atoms with Crippen molar-refractivity contribution in [2.45, 2.75) is 110 Å². The van der Waals surface area contributed by atoms with Gasteiger partial charge in [-0.1, -0.05) is 38.2 Å². The van der Waals surface area contributed by atoms with Gasteiger partial charge in [0.1, 0.15) is 0 Å². The van der Waals surface area contributed by atoms with Gasteiger partial charge in [0.05, 0.1) is 0 Å². The normalized spacial score (nSPS) is 9.48. The van der Waals surface area contributed by atoms with E-state index in [0.717, 1.165) is 64.2 Å². The maximum atomic E-state index is 5.14. The minimum Gasteiger partial charge on any atom is -0.115 e. The lowest BCUT2D eigenvalue weighted by molar-refractivity contribution is 0.679. The lowest BCUT2D eigenvalue weighted by Crippen LogP contribution is -1.76. The molecule has 0 aliphatic carbocycles. The molecule has 0 aromatic rings. The molecular formula is C27H38. The first-order valence-corrected chi connectivity index (χ1v) is 10.9. The van der Waals surface area contributed by atoms with Gasteiger partial charge in [-0.15, -0.1) is 41.9 Å². The number of hydrogen-bond acceptors (Lipinski definition) is 0. The predicted molar refractivity (Wildman–Crippen MR) is 121 cm³/mol. The zero-order chi connectivity index (χ0) is 19.7. The van der Waals surface area contributed by atoms with Crippen LogP contribution < -0.4 is 0 Å². The molecule has 0 heteroatoms. The van der Waals surface area contributed by atoms with Gasteiger partial charge in [-0.25, -0.2) is 0 Å². The predicted octanol–water partition coefficient (Wildman–Crippen LogP) is 7.45. The number of unbranched alkanes of at least 4 members (excludes halogenated alkanes) is 12. The van der Waals surface area contributed by atoms with E-state index in [1.54, 1.807) is 6.08 Å². The quantitative estimate of drug-likeness (QED) is 0.236. The number of hydrogen-bond donors (Lipinski definition) is 0. The lowest BCUT2D eigenvalue weighted by atomic mass is 10.1. The molecule has 0 fully saturated rings. The minimum absolute atomic E-state index is 0.970. The Morgan fingerprint density at radius 2 is 0.963 bits per heavy atom. The van der Waals surface area contributed by atoms with Gasteiger partial charge in [0.25, 0.3) is 0 Å². The van der Waals surface area contributed by atoms with Crippen LogP contribution in [0.3, 0.4) is 0 Å². The molecule has 0 aromatic carbocycles. The van der Waals surface area contributed by atoms with Crippen LogP contribution >= 0.6 is 0 Å². The summed E-state index contributed by atoms with van der Waals surface area (Å²) in [5, 5.41) is 0. The van der Waals surface area contributed by atoms with Gasteiger partial charge in [-0.05, 0) is 51.0 Å². The van der Waals surface area contributed by atoms with Crippen molar-refractivity contribution in [3.05, 3.63) is 12.2 Å². The van der Waals surface area contributed by atoms with Crippen LogP contribution in [0.25, 0.3) is 0 Å². The molecule has 0 amide bonds. The summed E-state index contributed by atoms with van der Waals surface area (Å²) >= 11 is 0. The summed E-state index contributed by atoms with van der Waals surface area (Å²) in [5.74, 6) is 22.1. The molecule has 0 heterocycles. The van der Waals surface area contributed by atoms with Crippen molar-refractivity contribution in [1.29, 1.82) is 0 Å². The van der Waals surface area contributed by atoms with Crippen molar-refractivity contribution in [3.8, 4) is 47.9 Å². The van der Waals surface area contributed by atoms with Crippen LogP contribution in [0.2, 0.25) is 0 Å². The largest absolute Gasteiger partial charge is 0.115 e. The van der Waals surface area contributed by atoms with Crippen LogP contribution in [0.1, 0.15) is 110 Å². The average Bonchev–Trinajstić information content (AvgIpc) is 2.68. The first kappa shape index (κ1) is 25.0. The molecule has 0 bridgehead atoms. The van der Waals surface area contributed by atoms with E-state index in [9.17, 15) is 0 Å². The maximum absolute atomic E-state index is 5.14. The highest BCUT2D eigenvalue weighted by Gasteiger charge is 1.86. The van der Waals surface area contributed by atoms with Gasteiger partial charge in [-0.2, -0.15) is 0 Å². The van der Waals surface area contributed by atoms with E-state index in [-0.39, 0.29) is 0 Å². The summed E-state index contributed by atoms with van der Waals surface area (Å²) in [5.41, 5.74) is 0. The average molecular weight is 363 g/mol. The fraction of sp³-hybridized carbons (Fsp3) is 0.630. The summed E-state index contributed by atoms with van der Waals surface area (Å²) < 4.78 is 0. The maximum Gasteiger partial charge on any atom is 0.00916 e. The van der Waals surface area contributed by atoms with E-state index in [4.69, 9.17) is 6.42 Å². The number of terminal acetylenes is 1. The zero-order valence-electron chi connectivity index (χ0n) is 17.5. The van der Waals surface area contributed by atoms with E-state index < -0.39 is 0 Å². The van der Waals surface area contributed by atoms with Crippen molar-refractivity contribution in [1.82, 2.24) is 0 Å². The molecule has 0 aliphatic rings. The third-order valence-electron chi connectivity index (χ3n) is 4.12. The third-order valence-corrected chi connectivity index (χ3v) is 4.12. The summed E-state index contributed by atoms with van der Waals surface area (Å²) in [7, 11) is 0. The van der Waals surface area contributed by atoms with Crippen LogP contribution in [0.5, 0.6) is 0 Å². The second-order valence-electron chi connectivity index (χ2n) is 6.75. The Morgan fingerprint density at radius 3 is 1.37 bits per heavy atom. The second kappa shape index (κ2) is 24.0. The molecule has 0 saturated carbocycles. The van der Waals surface area contributed by atoms with E-state index in [2.05, 4.69) is 48.4 Å². The van der Waals surface area contributed by atoms with Crippen LogP contribution in [-0.4, -0.2) is 0 Å². The third kappa shape index (κ3) is 24.0. The van der Waals surface area contributed by atoms with Gasteiger partial charge in [0.15, 0.2) is 0 Å². The Balaban J connectivity index is 3.33. The lowest BCUT2D eigenvalue weighted by Gasteiger charge is -1.92. The van der Waals surface area contributed by atoms with E-state index in [0.29, 0.717) is 0 Å². The molecule has 0 N–H and O–H groups in total. The van der Waals surface area contributed by atoms with Crippen LogP contribution in [0, 0.1) is 47.9 Å². The Labute approximate surface area is 170 Å². The molecule has 0 radical (unpaired) electrons. The molecule has 0 spiro atoms. The monoisotopic (exact) mass is 362 g/mol. The fourth-order valence-corrected chi connectivity index (χ4v) is 2.48. The SMILES string of the molecule is C#C/C=C\CCCC#CCCCCC#CCCCCC#CCCCCCC. The second-order valence-corrected chi connectivity index (χ2v) is 6.75. The molecular weight excluding hydrogens is 324 g/mol. The number of rotatable bonds is 13. The molecule has 0 atom stereocenters. The Kier molecular flexibility index (Phi) is 22.2.